The van der Waals surface area contributed by atoms with Crippen molar-refractivity contribution >= 4 is 34.8 Å². The molecular weight excluding hydrogens is 489 g/mol. The van der Waals surface area contributed by atoms with Crippen molar-refractivity contribution < 1.29 is 19.1 Å². The smallest absolute Gasteiger partial charge is 0.289 e. The minimum absolute atomic E-state index is 0.0551. The number of anilines is 1. The number of hydrogen-bond donors (Lipinski definition) is 3. The molecule has 4 N–H and O–H groups in total. The highest BCUT2D eigenvalue weighted by atomic mass is 35.5. The SMILES string of the molecule is CCN(CC)C(=O)c1ccc(CCCOCCCCCCNCC(O)c2cc(Cl)c(N)c(Cl)c2)o1. The monoisotopic (exact) mass is 527 g/mol. The van der Waals surface area contributed by atoms with Crippen LogP contribution in [-0.2, 0) is 11.2 Å². The molecule has 0 aliphatic rings. The number of aliphatic hydroxyl groups excluding tert-OH is 1. The molecule has 0 spiro atoms. The molecule has 0 saturated carbocycles. The van der Waals surface area contributed by atoms with Gasteiger partial charge in [-0.15, -0.1) is 0 Å². The van der Waals surface area contributed by atoms with E-state index >= 15 is 0 Å². The van der Waals surface area contributed by atoms with Gasteiger partial charge >= 0.3 is 0 Å². The Morgan fingerprint density at radius 2 is 1.74 bits per heavy atom. The summed E-state index contributed by atoms with van der Waals surface area (Å²) in [5.41, 5.74) is 6.71. The van der Waals surface area contributed by atoms with E-state index in [1.54, 1.807) is 23.1 Å². The van der Waals surface area contributed by atoms with Gasteiger partial charge in [-0.05, 0) is 69.5 Å². The van der Waals surface area contributed by atoms with E-state index in [1.807, 2.05) is 19.9 Å². The summed E-state index contributed by atoms with van der Waals surface area (Å²) in [5, 5.41) is 14.3. The van der Waals surface area contributed by atoms with Gasteiger partial charge in [0.2, 0.25) is 0 Å². The summed E-state index contributed by atoms with van der Waals surface area (Å²) in [5.74, 6) is 1.18. The van der Waals surface area contributed by atoms with E-state index < -0.39 is 6.10 Å². The van der Waals surface area contributed by atoms with Gasteiger partial charge in [-0.2, -0.15) is 0 Å². The molecule has 0 radical (unpaired) electrons. The second kappa shape index (κ2) is 16.1. The van der Waals surface area contributed by atoms with Crippen LogP contribution in [0.15, 0.2) is 28.7 Å². The van der Waals surface area contributed by atoms with Gasteiger partial charge < -0.3 is 30.2 Å². The lowest BCUT2D eigenvalue weighted by Crippen LogP contribution is -2.30. The number of nitrogen functional groups attached to an aromatic ring is 1. The minimum atomic E-state index is -0.686. The Kier molecular flexibility index (Phi) is 13.5. The van der Waals surface area contributed by atoms with Crippen LogP contribution in [0.5, 0.6) is 0 Å². The highest BCUT2D eigenvalue weighted by Crippen LogP contribution is 2.31. The largest absolute Gasteiger partial charge is 0.456 e. The number of nitrogens with one attached hydrogen (secondary N) is 1. The molecule has 1 aromatic heterocycles. The quantitative estimate of drug-likeness (QED) is 0.186. The minimum Gasteiger partial charge on any atom is -0.456 e. The summed E-state index contributed by atoms with van der Waals surface area (Å²) in [6.45, 7) is 7.96. The summed E-state index contributed by atoms with van der Waals surface area (Å²) in [6.07, 6.45) is 5.19. The topological polar surface area (TPSA) is 101 Å². The first-order chi connectivity index (χ1) is 16.9. The van der Waals surface area contributed by atoms with E-state index in [0.717, 1.165) is 57.4 Å². The summed E-state index contributed by atoms with van der Waals surface area (Å²) < 4.78 is 11.4. The van der Waals surface area contributed by atoms with E-state index in [1.165, 1.54) is 0 Å². The number of carbonyl (C=O) groups excluding carboxylic acids is 1. The van der Waals surface area contributed by atoms with Gasteiger partial charge in [0.25, 0.3) is 5.91 Å². The molecule has 0 bridgehead atoms. The first kappa shape index (κ1) is 29.5. The van der Waals surface area contributed by atoms with E-state index in [9.17, 15) is 9.90 Å². The fourth-order valence-electron chi connectivity index (χ4n) is 3.70. The maximum atomic E-state index is 12.3. The zero-order chi connectivity index (χ0) is 25.6. The molecule has 35 heavy (non-hydrogen) atoms. The molecule has 0 fully saturated rings. The van der Waals surface area contributed by atoms with E-state index in [4.69, 9.17) is 38.1 Å². The lowest BCUT2D eigenvalue weighted by molar-refractivity contribution is 0.0738. The van der Waals surface area contributed by atoms with E-state index in [0.29, 0.717) is 53.3 Å². The second-order valence-corrected chi connectivity index (χ2v) is 9.31. The third-order valence-electron chi connectivity index (χ3n) is 5.85. The molecule has 0 aliphatic carbocycles. The first-order valence-corrected chi connectivity index (χ1v) is 13.2. The normalized spacial score (nSPS) is 12.1. The van der Waals surface area contributed by atoms with E-state index in [-0.39, 0.29) is 5.91 Å². The standard InChI is InChI=1S/C26H39Cl2N3O4/c1-3-31(4-2)26(33)24-12-11-20(35-24)10-9-15-34-14-8-6-5-7-13-30-18-23(32)19-16-21(27)25(29)22(28)17-19/h11-12,16-17,23,30,32H,3-10,13-15,18,29H2,1-2H3. The number of benzene rings is 1. The van der Waals surface area contributed by atoms with Crippen LogP contribution in [0.4, 0.5) is 5.69 Å². The van der Waals surface area contributed by atoms with Crippen LogP contribution in [0.25, 0.3) is 0 Å². The van der Waals surface area contributed by atoms with Crippen molar-refractivity contribution in [2.24, 2.45) is 0 Å². The Hall–Kier alpha value is -1.77. The number of ether oxygens (including phenoxy) is 1. The van der Waals surface area contributed by atoms with Crippen LogP contribution in [0.2, 0.25) is 10.0 Å². The summed E-state index contributed by atoms with van der Waals surface area (Å²) in [4.78, 5) is 14.0. The van der Waals surface area contributed by atoms with Gasteiger partial charge in [0.1, 0.15) is 5.76 Å². The Bertz CT molecular complexity index is 879. The number of rotatable bonds is 17. The highest BCUT2D eigenvalue weighted by molar-refractivity contribution is 6.38. The number of aliphatic hydroxyl groups is 1. The Morgan fingerprint density at radius 3 is 2.43 bits per heavy atom. The Labute approximate surface area is 218 Å². The van der Waals surface area contributed by atoms with Crippen LogP contribution in [-0.4, -0.2) is 55.3 Å². The molecule has 1 heterocycles. The fourth-order valence-corrected chi connectivity index (χ4v) is 4.21. The van der Waals surface area contributed by atoms with Crippen LogP contribution in [0.1, 0.15) is 73.9 Å². The predicted octanol–water partition coefficient (Wildman–Crippen LogP) is 5.48. The van der Waals surface area contributed by atoms with Gasteiger partial charge in [0.15, 0.2) is 5.76 Å². The predicted molar refractivity (Wildman–Crippen MR) is 142 cm³/mol. The number of nitrogens with two attached hydrogens (primary N) is 1. The van der Waals surface area contributed by atoms with Crippen molar-refractivity contribution in [3.8, 4) is 0 Å². The molecule has 7 nitrogen and oxygen atoms in total. The average molecular weight is 529 g/mol. The van der Waals surface area contributed by atoms with Crippen molar-refractivity contribution in [3.05, 3.63) is 51.4 Å². The molecule has 0 aliphatic heterocycles. The lowest BCUT2D eigenvalue weighted by Gasteiger charge is -2.16. The molecule has 1 amide bonds. The van der Waals surface area contributed by atoms with Crippen molar-refractivity contribution in [2.75, 3.05) is 45.1 Å². The molecule has 1 atom stereocenters. The van der Waals surface area contributed by atoms with Crippen LogP contribution in [0, 0.1) is 0 Å². The number of amides is 1. The molecule has 1 unspecified atom stereocenters. The third kappa shape index (κ3) is 10.0. The van der Waals surface area contributed by atoms with Crippen LogP contribution in [0.3, 0.4) is 0 Å². The van der Waals surface area contributed by atoms with Gasteiger partial charge in [0.05, 0.1) is 21.8 Å². The number of furan rings is 1. The summed E-state index contributed by atoms with van der Waals surface area (Å²) >= 11 is 12.1. The molecule has 0 saturated heterocycles. The zero-order valence-corrected chi connectivity index (χ0v) is 22.3. The number of nitrogens with zero attached hydrogens (tertiary/aromatic N) is 1. The Balaban J connectivity index is 1.46. The molecule has 9 heteroatoms. The van der Waals surface area contributed by atoms with Crippen LogP contribution >= 0.6 is 23.2 Å². The van der Waals surface area contributed by atoms with Crippen molar-refractivity contribution in [3.63, 3.8) is 0 Å². The highest BCUT2D eigenvalue weighted by Gasteiger charge is 2.16. The molecule has 1 aromatic carbocycles. The Morgan fingerprint density at radius 1 is 1.09 bits per heavy atom. The number of aryl methyl sites for hydroxylation is 1. The maximum absolute atomic E-state index is 12.3. The fraction of sp³-hybridized carbons (Fsp3) is 0.577. The third-order valence-corrected chi connectivity index (χ3v) is 6.48. The van der Waals surface area contributed by atoms with Gasteiger partial charge in [-0.25, -0.2) is 0 Å². The average Bonchev–Trinajstić information content (AvgIpc) is 3.32. The van der Waals surface area contributed by atoms with Crippen molar-refractivity contribution in [1.29, 1.82) is 0 Å². The number of unbranched alkanes of at least 4 members (excludes halogenated alkanes) is 3. The van der Waals surface area contributed by atoms with Crippen molar-refractivity contribution in [1.82, 2.24) is 10.2 Å². The second-order valence-electron chi connectivity index (χ2n) is 8.49. The first-order valence-electron chi connectivity index (χ1n) is 12.5. The number of hydrogen-bond acceptors (Lipinski definition) is 6. The van der Waals surface area contributed by atoms with Crippen molar-refractivity contribution in [2.45, 2.75) is 58.5 Å². The van der Waals surface area contributed by atoms with E-state index in [2.05, 4.69) is 5.32 Å². The molecule has 2 aromatic rings. The number of carbonyl (C=O) groups is 1. The zero-order valence-electron chi connectivity index (χ0n) is 20.8. The van der Waals surface area contributed by atoms with Gasteiger partial charge in [-0.3, -0.25) is 4.79 Å². The summed E-state index contributed by atoms with van der Waals surface area (Å²) in [7, 11) is 0. The van der Waals surface area contributed by atoms with Crippen LogP contribution < -0.4 is 11.1 Å². The molecule has 2 rings (SSSR count). The maximum Gasteiger partial charge on any atom is 0.289 e. The molecular formula is C26H39Cl2N3O4. The molecule has 196 valence electrons. The number of halogens is 2. The van der Waals surface area contributed by atoms with Gasteiger partial charge in [0, 0.05) is 39.3 Å². The lowest BCUT2D eigenvalue weighted by atomic mass is 10.1. The van der Waals surface area contributed by atoms with Gasteiger partial charge in [-0.1, -0.05) is 36.0 Å². The summed E-state index contributed by atoms with van der Waals surface area (Å²) in [6, 6.07) is 6.93.